The lowest BCUT2D eigenvalue weighted by molar-refractivity contribution is -0.138. The minimum atomic E-state index is -0.936. The number of halogens is 2. The molecule has 0 spiro atoms. The Bertz CT molecular complexity index is 706. The zero-order chi connectivity index (χ0) is 15.7. The predicted octanol–water partition coefficient (Wildman–Crippen LogP) is 3.86. The maximum Gasteiger partial charge on any atom is 0.312 e. The van der Waals surface area contributed by atoms with Crippen molar-refractivity contribution in [3.63, 3.8) is 0 Å². The third-order valence-corrected chi connectivity index (χ3v) is 4.22. The summed E-state index contributed by atoms with van der Waals surface area (Å²) in [4.78, 5) is 23.7. The van der Waals surface area contributed by atoms with Crippen molar-refractivity contribution in [2.45, 2.75) is 12.8 Å². The minimum absolute atomic E-state index is 0.190. The highest BCUT2D eigenvalue weighted by molar-refractivity contribution is 9.10. The molecule has 0 aliphatic carbocycles. The molecule has 21 heavy (non-hydrogen) atoms. The van der Waals surface area contributed by atoms with Gasteiger partial charge >= 0.3 is 5.97 Å². The van der Waals surface area contributed by atoms with Gasteiger partial charge in [0, 0.05) is 27.8 Å². The molecule has 0 fully saturated rings. The van der Waals surface area contributed by atoms with Crippen LogP contribution in [0.3, 0.4) is 0 Å². The molecule has 0 radical (unpaired) electrons. The summed E-state index contributed by atoms with van der Waals surface area (Å²) in [5.41, 5.74) is 1.47. The van der Waals surface area contributed by atoms with E-state index in [1.165, 1.54) is 0 Å². The summed E-state index contributed by atoms with van der Waals surface area (Å²) in [7, 11) is 1.68. The van der Waals surface area contributed by atoms with E-state index < -0.39 is 11.9 Å². The molecule has 1 aromatic heterocycles. The second-order valence-corrected chi connectivity index (χ2v) is 6.01. The number of carboxylic acid groups (broad SMARTS) is 1. The third kappa shape index (κ3) is 3.04. The molecule has 0 saturated heterocycles. The van der Waals surface area contributed by atoms with Gasteiger partial charge in [-0.1, -0.05) is 11.6 Å². The van der Waals surface area contributed by atoms with Gasteiger partial charge < -0.3 is 9.67 Å². The van der Waals surface area contributed by atoms with Gasteiger partial charge in [-0.05, 0) is 53.2 Å². The summed E-state index contributed by atoms with van der Waals surface area (Å²) in [6, 6.07) is 8.25. The molecule has 2 aromatic rings. The molecular weight excluding hydrogens is 358 g/mol. The Morgan fingerprint density at radius 3 is 2.38 bits per heavy atom. The molecule has 1 aromatic carbocycles. The number of benzene rings is 1. The first-order valence-electron chi connectivity index (χ1n) is 6.21. The molecule has 4 nitrogen and oxygen atoms in total. The average Bonchev–Trinajstić information content (AvgIpc) is 2.73. The fourth-order valence-electron chi connectivity index (χ4n) is 2.13. The van der Waals surface area contributed by atoms with Crippen LogP contribution >= 0.6 is 27.5 Å². The van der Waals surface area contributed by atoms with E-state index in [9.17, 15) is 9.59 Å². The summed E-state index contributed by atoms with van der Waals surface area (Å²) in [6.45, 7) is 1.58. The number of carboxylic acids is 1. The normalized spacial score (nSPS) is 12.2. The van der Waals surface area contributed by atoms with Crippen molar-refractivity contribution in [3.05, 3.63) is 56.8 Å². The molecule has 0 aliphatic rings. The molecule has 0 saturated carbocycles. The Morgan fingerprint density at radius 1 is 1.29 bits per heavy atom. The number of aliphatic carboxylic acids is 1. The van der Waals surface area contributed by atoms with Gasteiger partial charge in [0.1, 0.15) is 5.69 Å². The summed E-state index contributed by atoms with van der Waals surface area (Å²) < 4.78 is 2.19. The zero-order valence-electron chi connectivity index (χ0n) is 11.4. The number of hydrogen-bond acceptors (Lipinski definition) is 2. The minimum Gasteiger partial charge on any atom is -0.481 e. The van der Waals surface area contributed by atoms with E-state index in [-0.39, 0.29) is 5.78 Å². The van der Waals surface area contributed by atoms with Crippen molar-refractivity contribution < 1.29 is 14.7 Å². The van der Waals surface area contributed by atoms with Crippen molar-refractivity contribution in [3.8, 4) is 0 Å². The number of aromatic nitrogens is 1. The van der Waals surface area contributed by atoms with Crippen LogP contribution in [0, 0.1) is 0 Å². The Balaban J connectivity index is 2.47. The summed E-state index contributed by atoms with van der Waals surface area (Å²) in [6.07, 6.45) is 0. The van der Waals surface area contributed by atoms with E-state index in [2.05, 4.69) is 15.9 Å². The van der Waals surface area contributed by atoms with Crippen LogP contribution in [0.25, 0.3) is 0 Å². The van der Waals surface area contributed by atoms with Gasteiger partial charge in [-0.2, -0.15) is 0 Å². The first kappa shape index (κ1) is 15.8. The van der Waals surface area contributed by atoms with E-state index in [4.69, 9.17) is 16.7 Å². The molecule has 0 bridgehead atoms. The maximum absolute atomic E-state index is 12.6. The van der Waals surface area contributed by atoms with Gasteiger partial charge in [-0.3, -0.25) is 9.59 Å². The lowest BCUT2D eigenvalue weighted by Gasteiger charge is -2.10. The molecule has 1 unspecified atom stereocenters. The Morgan fingerprint density at radius 2 is 1.86 bits per heavy atom. The van der Waals surface area contributed by atoms with Crippen molar-refractivity contribution in [2.24, 2.45) is 7.05 Å². The number of ketones is 1. The van der Waals surface area contributed by atoms with E-state index in [0.29, 0.717) is 26.4 Å². The highest BCUT2D eigenvalue weighted by Crippen LogP contribution is 2.28. The predicted molar refractivity (Wildman–Crippen MR) is 84.0 cm³/mol. The molecule has 110 valence electrons. The smallest absolute Gasteiger partial charge is 0.312 e. The van der Waals surface area contributed by atoms with Crippen molar-refractivity contribution in [1.29, 1.82) is 0 Å². The monoisotopic (exact) mass is 369 g/mol. The highest BCUT2D eigenvalue weighted by Gasteiger charge is 2.24. The average molecular weight is 371 g/mol. The lowest BCUT2D eigenvalue weighted by atomic mass is 10.1. The summed E-state index contributed by atoms with van der Waals surface area (Å²) in [5.74, 6) is -1.82. The van der Waals surface area contributed by atoms with E-state index in [1.54, 1.807) is 48.9 Å². The second-order valence-electron chi connectivity index (χ2n) is 4.72. The largest absolute Gasteiger partial charge is 0.481 e. The van der Waals surface area contributed by atoms with Crippen LogP contribution in [0.5, 0.6) is 0 Å². The lowest BCUT2D eigenvalue weighted by Crippen LogP contribution is -2.15. The quantitative estimate of drug-likeness (QED) is 0.831. The van der Waals surface area contributed by atoms with E-state index >= 15 is 0 Å². The van der Waals surface area contributed by atoms with Crippen molar-refractivity contribution >= 4 is 39.3 Å². The van der Waals surface area contributed by atoms with Gasteiger partial charge in [0.2, 0.25) is 5.78 Å². The number of carbonyl (C=O) groups is 2. The number of carbonyl (C=O) groups excluding carboxylic acids is 1. The Hall–Kier alpha value is -1.59. The van der Waals surface area contributed by atoms with Crippen LogP contribution in [0.15, 0.2) is 34.8 Å². The fourth-order valence-corrected chi connectivity index (χ4v) is 2.93. The molecule has 0 amide bonds. The standard InChI is InChI=1S/C15H13BrClNO3/c1-8(15(20)21)12-7-11(16)13(18(12)2)14(19)9-3-5-10(17)6-4-9/h3-8H,1-2H3,(H,20,21). The molecule has 6 heteroatoms. The number of rotatable bonds is 4. The SMILES string of the molecule is CC(C(=O)O)c1cc(Br)c(C(=O)c2ccc(Cl)cc2)n1C. The van der Waals surface area contributed by atoms with E-state index in [1.807, 2.05) is 0 Å². The van der Waals surface area contributed by atoms with E-state index in [0.717, 1.165) is 0 Å². The molecular formula is C15H13BrClNO3. The fraction of sp³-hybridized carbons (Fsp3) is 0.200. The molecule has 1 atom stereocenters. The van der Waals surface area contributed by atoms with Crippen LogP contribution < -0.4 is 0 Å². The zero-order valence-corrected chi connectivity index (χ0v) is 13.8. The Kier molecular flexibility index (Phi) is 4.54. The molecule has 1 N–H and O–H groups in total. The van der Waals surface area contributed by atoms with Crippen LogP contribution in [0.2, 0.25) is 5.02 Å². The van der Waals surface area contributed by atoms with Gasteiger partial charge in [-0.25, -0.2) is 0 Å². The van der Waals surface area contributed by atoms with Crippen LogP contribution in [-0.4, -0.2) is 21.4 Å². The van der Waals surface area contributed by atoms with Crippen molar-refractivity contribution in [2.75, 3.05) is 0 Å². The molecule has 1 heterocycles. The Labute approximate surface area is 135 Å². The molecule has 0 aliphatic heterocycles. The number of hydrogen-bond donors (Lipinski definition) is 1. The maximum atomic E-state index is 12.6. The first-order valence-corrected chi connectivity index (χ1v) is 7.38. The third-order valence-electron chi connectivity index (χ3n) is 3.36. The van der Waals surface area contributed by atoms with Gasteiger partial charge in [0.05, 0.1) is 5.92 Å². The first-order chi connectivity index (χ1) is 9.82. The van der Waals surface area contributed by atoms with Gasteiger partial charge in [0.15, 0.2) is 0 Å². The van der Waals surface area contributed by atoms with Crippen LogP contribution in [-0.2, 0) is 11.8 Å². The topological polar surface area (TPSA) is 59.3 Å². The van der Waals surface area contributed by atoms with Crippen LogP contribution in [0.4, 0.5) is 0 Å². The van der Waals surface area contributed by atoms with Gasteiger partial charge in [-0.15, -0.1) is 0 Å². The second kappa shape index (κ2) is 6.03. The van der Waals surface area contributed by atoms with Crippen molar-refractivity contribution in [1.82, 2.24) is 4.57 Å². The van der Waals surface area contributed by atoms with Gasteiger partial charge in [0.25, 0.3) is 0 Å². The highest BCUT2D eigenvalue weighted by atomic mass is 79.9. The summed E-state index contributed by atoms with van der Waals surface area (Å²) >= 11 is 9.15. The molecule has 2 rings (SSSR count). The summed E-state index contributed by atoms with van der Waals surface area (Å²) in [5, 5.41) is 9.67. The number of nitrogens with zero attached hydrogens (tertiary/aromatic N) is 1. The van der Waals surface area contributed by atoms with Crippen LogP contribution in [0.1, 0.15) is 34.6 Å².